The van der Waals surface area contributed by atoms with Crippen LogP contribution in [-0.4, -0.2) is 25.7 Å². The van der Waals surface area contributed by atoms with E-state index in [1.807, 2.05) is 42.5 Å². The zero-order valence-electron chi connectivity index (χ0n) is 18.6. The van der Waals surface area contributed by atoms with Crippen molar-refractivity contribution in [2.24, 2.45) is 0 Å². The van der Waals surface area contributed by atoms with Gasteiger partial charge in [-0.1, -0.05) is 64.1 Å². The summed E-state index contributed by atoms with van der Waals surface area (Å²) >= 11 is 4.87. The van der Waals surface area contributed by atoms with Gasteiger partial charge in [0.2, 0.25) is 0 Å². The fourth-order valence-corrected chi connectivity index (χ4v) is 4.65. The number of nitrogens with one attached hydrogen (secondary N) is 2. The monoisotopic (exact) mass is 552 g/mol. The molecule has 0 saturated carbocycles. The van der Waals surface area contributed by atoms with Crippen molar-refractivity contribution in [1.29, 1.82) is 0 Å². The third-order valence-electron chi connectivity index (χ3n) is 5.01. The highest BCUT2D eigenvalue weighted by atomic mass is 79.9. The lowest BCUT2D eigenvalue weighted by Gasteiger charge is -2.17. The first kappa shape index (κ1) is 24.4. The van der Waals surface area contributed by atoms with E-state index in [9.17, 15) is 14.9 Å². The number of nitrogens with zero attached hydrogens (tertiary/aromatic N) is 4. The molecule has 1 heterocycles. The summed E-state index contributed by atoms with van der Waals surface area (Å²) in [5.74, 6) is 1.16. The summed E-state index contributed by atoms with van der Waals surface area (Å²) in [6.07, 6.45) is 0. The molecule has 4 aromatic rings. The third kappa shape index (κ3) is 6.25. The van der Waals surface area contributed by atoms with Crippen molar-refractivity contribution in [3.63, 3.8) is 0 Å². The molecule has 0 spiro atoms. The second-order valence-electron chi connectivity index (χ2n) is 7.55. The maximum Gasteiger partial charge on any atom is 0.319 e. The highest BCUT2D eigenvalue weighted by Crippen LogP contribution is 2.28. The number of non-ortho nitro benzene ring substituents is 1. The smallest absolute Gasteiger partial charge is 0.319 e. The number of anilines is 1. The summed E-state index contributed by atoms with van der Waals surface area (Å²) in [7, 11) is 0. The molecule has 2 N–H and O–H groups in total. The summed E-state index contributed by atoms with van der Waals surface area (Å²) in [6, 6.07) is 22.5. The molecule has 1 aromatic heterocycles. The average Bonchev–Trinajstić information content (AvgIpc) is 3.27. The molecule has 11 heteroatoms. The van der Waals surface area contributed by atoms with Crippen LogP contribution in [0.15, 0.2) is 88.5 Å². The van der Waals surface area contributed by atoms with Gasteiger partial charge in [-0.15, -0.1) is 10.2 Å². The standard InChI is InChI=1S/C24H21BrN6O3S/c1-16(26-23(32)27-19-9-5-8-18(25)14-19)22-28-29-24(35-15-17-6-3-2-4-7-17)30(22)20-10-12-21(13-11-20)31(33)34/h2-14,16H,15H2,1H3,(H2,26,27,32). The molecule has 4 rings (SSSR count). The van der Waals surface area contributed by atoms with Gasteiger partial charge in [-0.2, -0.15) is 0 Å². The van der Waals surface area contributed by atoms with Crippen LogP contribution in [0.3, 0.4) is 0 Å². The van der Waals surface area contributed by atoms with Crippen LogP contribution in [0.25, 0.3) is 5.69 Å². The minimum absolute atomic E-state index is 0.0126. The fraction of sp³-hybridized carbons (Fsp3) is 0.125. The van der Waals surface area contributed by atoms with Crippen molar-refractivity contribution >= 4 is 45.1 Å². The predicted molar refractivity (Wildman–Crippen MR) is 139 cm³/mol. The van der Waals surface area contributed by atoms with Crippen LogP contribution in [0.5, 0.6) is 0 Å². The highest BCUT2D eigenvalue weighted by molar-refractivity contribution is 9.10. The molecule has 1 atom stereocenters. The maximum absolute atomic E-state index is 12.6. The van der Waals surface area contributed by atoms with Crippen LogP contribution in [0.2, 0.25) is 0 Å². The zero-order chi connectivity index (χ0) is 24.8. The van der Waals surface area contributed by atoms with Gasteiger partial charge in [0.25, 0.3) is 5.69 Å². The number of nitro groups is 1. The zero-order valence-corrected chi connectivity index (χ0v) is 21.0. The van der Waals surface area contributed by atoms with E-state index in [2.05, 4.69) is 36.8 Å². The van der Waals surface area contributed by atoms with E-state index in [0.29, 0.717) is 28.1 Å². The summed E-state index contributed by atoms with van der Waals surface area (Å²) in [5.41, 5.74) is 2.41. The van der Waals surface area contributed by atoms with E-state index < -0.39 is 17.0 Å². The van der Waals surface area contributed by atoms with Gasteiger partial charge in [0.05, 0.1) is 11.0 Å². The molecule has 0 aliphatic heterocycles. The molecule has 0 fully saturated rings. The van der Waals surface area contributed by atoms with Crippen molar-refractivity contribution in [1.82, 2.24) is 20.1 Å². The summed E-state index contributed by atoms with van der Waals surface area (Å²) in [4.78, 5) is 23.3. The second-order valence-corrected chi connectivity index (χ2v) is 9.41. The summed E-state index contributed by atoms with van der Waals surface area (Å²) < 4.78 is 2.66. The SMILES string of the molecule is CC(NC(=O)Nc1cccc(Br)c1)c1nnc(SCc2ccccc2)n1-c1ccc([N+](=O)[O-])cc1. The van der Waals surface area contributed by atoms with E-state index in [1.165, 1.54) is 23.9 Å². The summed E-state index contributed by atoms with van der Waals surface area (Å²) in [5, 5.41) is 26.1. The fourth-order valence-electron chi connectivity index (χ4n) is 3.34. The number of nitro benzene ring substituents is 1. The van der Waals surface area contributed by atoms with Crippen LogP contribution in [0, 0.1) is 10.1 Å². The topological polar surface area (TPSA) is 115 Å². The van der Waals surface area contributed by atoms with Crippen LogP contribution in [0.1, 0.15) is 24.4 Å². The molecule has 1 unspecified atom stereocenters. The van der Waals surface area contributed by atoms with Gasteiger partial charge in [0.15, 0.2) is 11.0 Å². The van der Waals surface area contributed by atoms with Gasteiger partial charge < -0.3 is 10.6 Å². The first-order chi connectivity index (χ1) is 16.9. The molecule has 178 valence electrons. The lowest BCUT2D eigenvalue weighted by Crippen LogP contribution is -2.32. The molecule has 0 aliphatic rings. The number of amides is 2. The molecular weight excluding hydrogens is 532 g/mol. The Morgan fingerprint density at radius 2 is 1.83 bits per heavy atom. The minimum atomic E-state index is -0.504. The Morgan fingerprint density at radius 3 is 2.51 bits per heavy atom. The number of benzene rings is 3. The van der Waals surface area contributed by atoms with Gasteiger partial charge in [-0.25, -0.2) is 4.79 Å². The molecule has 0 saturated heterocycles. The van der Waals surface area contributed by atoms with E-state index in [4.69, 9.17) is 0 Å². The normalized spacial score (nSPS) is 11.6. The first-order valence-electron chi connectivity index (χ1n) is 10.6. The average molecular weight is 553 g/mol. The Bertz CT molecular complexity index is 1330. The predicted octanol–water partition coefficient (Wildman–Crippen LogP) is 6.11. The Kier molecular flexibility index (Phi) is 7.78. The Hall–Kier alpha value is -3.70. The van der Waals surface area contributed by atoms with Gasteiger partial charge in [0.1, 0.15) is 0 Å². The number of aromatic nitrogens is 3. The van der Waals surface area contributed by atoms with Crippen molar-refractivity contribution in [2.75, 3.05) is 5.32 Å². The Morgan fingerprint density at radius 1 is 1.09 bits per heavy atom. The Labute approximate surface area is 214 Å². The molecular formula is C24H21BrN6O3S. The van der Waals surface area contributed by atoms with Gasteiger partial charge >= 0.3 is 6.03 Å². The third-order valence-corrected chi connectivity index (χ3v) is 6.50. The molecule has 3 aromatic carbocycles. The molecule has 2 amide bonds. The van der Waals surface area contributed by atoms with Gasteiger partial charge in [0, 0.05) is 33.7 Å². The second kappa shape index (κ2) is 11.2. The lowest BCUT2D eigenvalue weighted by molar-refractivity contribution is -0.384. The number of carbonyl (C=O) groups is 1. The van der Waals surface area contributed by atoms with Crippen LogP contribution < -0.4 is 10.6 Å². The van der Waals surface area contributed by atoms with Crippen molar-refractivity contribution in [2.45, 2.75) is 23.9 Å². The lowest BCUT2D eigenvalue weighted by atomic mass is 10.2. The quantitative estimate of drug-likeness (QED) is 0.155. The van der Waals surface area contributed by atoms with E-state index in [1.54, 1.807) is 35.8 Å². The number of carbonyl (C=O) groups excluding carboxylic acids is 1. The van der Waals surface area contributed by atoms with E-state index in [-0.39, 0.29) is 5.69 Å². The minimum Gasteiger partial charge on any atom is -0.328 e. The van der Waals surface area contributed by atoms with Crippen LogP contribution >= 0.6 is 27.7 Å². The van der Waals surface area contributed by atoms with Crippen LogP contribution in [0.4, 0.5) is 16.2 Å². The number of hydrogen-bond donors (Lipinski definition) is 2. The molecule has 0 bridgehead atoms. The first-order valence-corrected chi connectivity index (χ1v) is 12.4. The Balaban J connectivity index is 1.59. The molecule has 0 aliphatic carbocycles. The molecule has 35 heavy (non-hydrogen) atoms. The number of hydrogen-bond acceptors (Lipinski definition) is 6. The number of halogens is 1. The molecule has 9 nitrogen and oxygen atoms in total. The van der Waals surface area contributed by atoms with E-state index in [0.717, 1.165) is 10.0 Å². The highest BCUT2D eigenvalue weighted by Gasteiger charge is 2.22. The van der Waals surface area contributed by atoms with Gasteiger partial charge in [-0.05, 0) is 42.8 Å². The summed E-state index contributed by atoms with van der Waals surface area (Å²) in [6.45, 7) is 1.80. The maximum atomic E-state index is 12.6. The van der Waals surface area contributed by atoms with Crippen LogP contribution in [-0.2, 0) is 5.75 Å². The van der Waals surface area contributed by atoms with Crippen molar-refractivity contribution in [3.05, 3.63) is 105 Å². The molecule has 0 radical (unpaired) electrons. The van der Waals surface area contributed by atoms with Gasteiger partial charge in [-0.3, -0.25) is 14.7 Å². The van der Waals surface area contributed by atoms with Crippen molar-refractivity contribution < 1.29 is 9.72 Å². The largest absolute Gasteiger partial charge is 0.328 e. The number of thioether (sulfide) groups is 1. The van der Waals surface area contributed by atoms with Crippen molar-refractivity contribution in [3.8, 4) is 5.69 Å². The van der Waals surface area contributed by atoms with E-state index >= 15 is 0 Å². The number of rotatable bonds is 8. The number of urea groups is 1.